The van der Waals surface area contributed by atoms with Gasteiger partial charge in [0.1, 0.15) is 6.61 Å². The summed E-state index contributed by atoms with van der Waals surface area (Å²) < 4.78 is 5.70. The first-order valence-electron chi connectivity index (χ1n) is 7.78. The highest BCUT2D eigenvalue weighted by Gasteiger charge is 2.20. The maximum absolute atomic E-state index is 11.0. The predicted molar refractivity (Wildman–Crippen MR) is 93.1 cm³/mol. The third kappa shape index (κ3) is 3.80. The highest BCUT2D eigenvalue weighted by Crippen LogP contribution is 2.38. The monoisotopic (exact) mass is 346 g/mol. The van der Waals surface area contributed by atoms with Crippen molar-refractivity contribution in [3.63, 3.8) is 0 Å². The average molecular weight is 347 g/mol. The van der Waals surface area contributed by atoms with Crippen LogP contribution in [0.3, 0.4) is 0 Å². The molecule has 2 aromatic rings. The summed E-state index contributed by atoms with van der Waals surface area (Å²) in [7, 11) is 0. The number of benzene rings is 2. The van der Waals surface area contributed by atoms with Gasteiger partial charge < -0.3 is 15.6 Å². The van der Waals surface area contributed by atoms with Crippen LogP contribution in [-0.4, -0.2) is 35.6 Å². The maximum atomic E-state index is 11.0. The van der Waals surface area contributed by atoms with Crippen molar-refractivity contribution in [2.45, 2.75) is 13.0 Å². The summed E-state index contributed by atoms with van der Waals surface area (Å²) in [5.74, 6) is 0.289. The van der Waals surface area contributed by atoms with Crippen LogP contribution in [-0.2, 0) is 11.3 Å². The van der Waals surface area contributed by atoms with E-state index in [-0.39, 0.29) is 11.7 Å². The molecule has 1 aliphatic heterocycles. The van der Waals surface area contributed by atoms with Gasteiger partial charge in [0.15, 0.2) is 11.5 Å². The van der Waals surface area contributed by atoms with Gasteiger partial charge in [-0.1, -0.05) is 23.7 Å². The van der Waals surface area contributed by atoms with E-state index in [2.05, 4.69) is 4.90 Å². The van der Waals surface area contributed by atoms with Crippen LogP contribution in [0.2, 0.25) is 5.02 Å². The molecule has 0 unspecified atom stereocenters. The Kier molecular flexibility index (Phi) is 4.92. The Bertz CT molecular complexity index is 764. The molecule has 2 aromatic carbocycles. The highest BCUT2D eigenvalue weighted by atomic mass is 35.5. The third-order valence-electron chi connectivity index (χ3n) is 4.03. The van der Waals surface area contributed by atoms with Crippen LogP contribution in [0, 0.1) is 0 Å². The zero-order valence-corrected chi connectivity index (χ0v) is 13.9. The minimum absolute atomic E-state index is 0.110. The Labute approximate surface area is 145 Å². The van der Waals surface area contributed by atoms with E-state index in [1.165, 1.54) is 0 Å². The number of fused-ring (bicyclic) bond motifs is 1. The van der Waals surface area contributed by atoms with Gasteiger partial charge in [-0.15, -0.1) is 0 Å². The molecule has 0 aliphatic carbocycles. The van der Waals surface area contributed by atoms with E-state index in [9.17, 15) is 9.90 Å². The average Bonchev–Trinajstić information content (AvgIpc) is 2.75. The largest absolute Gasteiger partial charge is 0.504 e. The van der Waals surface area contributed by atoms with Crippen molar-refractivity contribution in [2.24, 2.45) is 5.73 Å². The molecule has 0 saturated heterocycles. The number of nitrogens with two attached hydrogens (primary N) is 1. The molecule has 0 saturated carbocycles. The summed E-state index contributed by atoms with van der Waals surface area (Å²) in [6.45, 7) is 2.29. The fourth-order valence-corrected chi connectivity index (χ4v) is 3.04. The van der Waals surface area contributed by atoms with Gasteiger partial charge >= 0.3 is 0 Å². The molecule has 0 aromatic heterocycles. The van der Waals surface area contributed by atoms with Gasteiger partial charge in [-0.25, -0.2) is 0 Å². The van der Waals surface area contributed by atoms with Crippen LogP contribution in [0.5, 0.6) is 11.5 Å². The Morgan fingerprint density at radius 2 is 2.12 bits per heavy atom. The molecule has 24 heavy (non-hydrogen) atoms. The Balaban J connectivity index is 1.92. The number of ether oxygens (including phenoxy) is 1. The number of phenolic OH excluding ortho intramolecular Hbond substituents is 1. The topological polar surface area (TPSA) is 75.8 Å². The fourth-order valence-electron chi connectivity index (χ4n) is 2.85. The standard InChI is InChI=1S/C18H19ClN2O3/c19-15-3-1-2-12(9-15)13-8-14-11-21(5-4-17(20)23)6-7-24-18(14)16(22)10-13/h1-3,8-10,22H,4-7,11H2,(H2,20,23). The van der Waals surface area contributed by atoms with E-state index in [0.29, 0.717) is 43.4 Å². The van der Waals surface area contributed by atoms with Gasteiger partial charge in [0.25, 0.3) is 0 Å². The number of halogens is 1. The maximum Gasteiger partial charge on any atom is 0.218 e. The lowest BCUT2D eigenvalue weighted by Crippen LogP contribution is -2.29. The molecule has 0 bridgehead atoms. The van der Waals surface area contributed by atoms with Gasteiger partial charge in [0, 0.05) is 36.6 Å². The first kappa shape index (κ1) is 16.6. The molecule has 0 atom stereocenters. The van der Waals surface area contributed by atoms with Crippen molar-refractivity contribution in [3.8, 4) is 22.6 Å². The molecular weight excluding hydrogens is 328 g/mol. The minimum atomic E-state index is -0.323. The Hall–Kier alpha value is -2.24. The van der Waals surface area contributed by atoms with Gasteiger partial charge in [-0.05, 0) is 35.4 Å². The number of hydrogen-bond acceptors (Lipinski definition) is 4. The van der Waals surface area contributed by atoms with Crippen LogP contribution in [0.25, 0.3) is 11.1 Å². The van der Waals surface area contributed by atoms with Crippen molar-refractivity contribution in [1.29, 1.82) is 0 Å². The van der Waals surface area contributed by atoms with Gasteiger partial charge in [0.2, 0.25) is 5.91 Å². The summed E-state index contributed by atoms with van der Waals surface area (Å²) in [6, 6.07) is 11.1. The molecule has 1 amide bonds. The van der Waals surface area contributed by atoms with E-state index in [1.807, 2.05) is 30.3 Å². The SMILES string of the molecule is NC(=O)CCN1CCOc2c(O)cc(-c3cccc(Cl)c3)cc2C1. The normalized spacial score (nSPS) is 14.5. The smallest absolute Gasteiger partial charge is 0.218 e. The second-order valence-electron chi connectivity index (χ2n) is 5.83. The van der Waals surface area contributed by atoms with Crippen molar-refractivity contribution in [3.05, 3.63) is 47.0 Å². The van der Waals surface area contributed by atoms with Crippen molar-refractivity contribution >= 4 is 17.5 Å². The molecule has 6 heteroatoms. The fraction of sp³-hybridized carbons (Fsp3) is 0.278. The highest BCUT2D eigenvalue weighted by molar-refractivity contribution is 6.30. The summed E-state index contributed by atoms with van der Waals surface area (Å²) in [6.07, 6.45) is 0.301. The Morgan fingerprint density at radius 1 is 1.29 bits per heavy atom. The second kappa shape index (κ2) is 7.11. The number of rotatable bonds is 4. The lowest BCUT2D eigenvalue weighted by molar-refractivity contribution is -0.118. The molecular formula is C18H19ClN2O3. The summed E-state index contributed by atoms with van der Waals surface area (Å²) in [5.41, 5.74) is 7.91. The molecule has 1 aliphatic rings. The zero-order chi connectivity index (χ0) is 17.1. The molecule has 0 fully saturated rings. The number of carbonyl (C=O) groups excluding carboxylic acids is 1. The van der Waals surface area contributed by atoms with Crippen molar-refractivity contribution < 1.29 is 14.6 Å². The minimum Gasteiger partial charge on any atom is -0.504 e. The molecule has 3 rings (SSSR count). The van der Waals surface area contributed by atoms with Gasteiger partial charge in [-0.3, -0.25) is 9.69 Å². The number of phenols is 1. The molecule has 126 valence electrons. The summed E-state index contributed by atoms with van der Waals surface area (Å²) in [5, 5.41) is 11.0. The van der Waals surface area contributed by atoms with E-state index in [4.69, 9.17) is 22.1 Å². The van der Waals surface area contributed by atoms with Crippen LogP contribution < -0.4 is 10.5 Å². The molecule has 3 N–H and O–H groups in total. The van der Waals surface area contributed by atoms with Crippen LogP contribution in [0.15, 0.2) is 36.4 Å². The number of hydrogen-bond donors (Lipinski definition) is 2. The molecule has 0 spiro atoms. The zero-order valence-electron chi connectivity index (χ0n) is 13.2. The van der Waals surface area contributed by atoms with E-state index < -0.39 is 0 Å². The summed E-state index contributed by atoms with van der Waals surface area (Å²) in [4.78, 5) is 13.1. The predicted octanol–water partition coefficient (Wildman–Crippen LogP) is 2.78. The molecule has 0 radical (unpaired) electrons. The van der Waals surface area contributed by atoms with Gasteiger partial charge in [0.05, 0.1) is 0 Å². The third-order valence-corrected chi connectivity index (χ3v) is 4.26. The lowest BCUT2D eigenvalue weighted by atomic mass is 10.0. The molecule has 1 heterocycles. The lowest BCUT2D eigenvalue weighted by Gasteiger charge is -2.18. The number of primary amides is 1. The first-order chi connectivity index (χ1) is 11.5. The Morgan fingerprint density at radius 3 is 2.88 bits per heavy atom. The van der Waals surface area contributed by atoms with Crippen LogP contribution >= 0.6 is 11.6 Å². The van der Waals surface area contributed by atoms with E-state index in [0.717, 1.165) is 16.7 Å². The number of amides is 1. The van der Waals surface area contributed by atoms with Gasteiger partial charge in [-0.2, -0.15) is 0 Å². The quantitative estimate of drug-likeness (QED) is 0.892. The molecule has 5 nitrogen and oxygen atoms in total. The number of nitrogens with zero attached hydrogens (tertiary/aromatic N) is 1. The van der Waals surface area contributed by atoms with Crippen molar-refractivity contribution in [1.82, 2.24) is 4.90 Å². The van der Waals surface area contributed by atoms with Crippen LogP contribution in [0.4, 0.5) is 0 Å². The van der Waals surface area contributed by atoms with Crippen LogP contribution in [0.1, 0.15) is 12.0 Å². The second-order valence-corrected chi connectivity index (χ2v) is 6.27. The number of aromatic hydroxyl groups is 1. The van der Waals surface area contributed by atoms with E-state index in [1.54, 1.807) is 6.07 Å². The van der Waals surface area contributed by atoms with Crippen molar-refractivity contribution in [2.75, 3.05) is 19.7 Å². The summed E-state index contributed by atoms with van der Waals surface area (Å²) >= 11 is 6.06. The van der Waals surface area contributed by atoms with E-state index >= 15 is 0 Å². The first-order valence-corrected chi connectivity index (χ1v) is 8.16. The number of carbonyl (C=O) groups is 1.